The Bertz CT molecular complexity index is 897. The van der Waals surface area contributed by atoms with Gasteiger partial charge in [-0.3, -0.25) is 0 Å². The molecule has 1 N–H and O–H groups in total. The molecule has 164 valence electrons. The molecule has 0 radical (unpaired) electrons. The third kappa shape index (κ3) is 5.21. The van der Waals surface area contributed by atoms with E-state index >= 15 is 0 Å². The maximum absolute atomic E-state index is 9.97. The zero-order chi connectivity index (χ0) is 21.6. The summed E-state index contributed by atoms with van der Waals surface area (Å²) in [5.74, 6) is 1.38. The Balaban J connectivity index is 1.55. The van der Waals surface area contributed by atoms with Crippen molar-refractivity contribution in [3.05, 3.63) is 94.1 Å². The molecule has 2 aromatic rings. The second-order valence-electron chi connectivity index (χ2n) is 9.63. The molecule has 4 rings (SSSR count). The van der Waals surface area contributed by atoms with Crippen LogP contribution in [0.1, 0.15) is 75.0 Å². The second kappa shape index (κ2) is 10.5. The van der Waals surface area contributed by atoms with Crippen LogP contribution in [0.5, 0.6) is 0 Å². The van der Waals surface area contributed by atoms with E-state index in [0.29, 0.717) is 5.92 Å². The topological polar surface area (TPSA) is 20.2 Å². The van der Waals surface area contributed by atoms with Gasteiger partial charge in [0.2, 0.25) is 0 Å². The van der Waals surface area contributed by atoms with Crippen molar-refractivity contribution >= 4 is 0 Å². The van der Waals surface area contributed by atoms with E-state index in [1.165, 1.54) is 65.5 Å². The fourth-order valence-corrected chi connectivity index (χ4v) is 5.74. The molecular formula is C30H38O. The molecule has 31 heavy (non-hydrogen) atoms. The molecule has 2 aliphatic rings. The van der Waals surface area contributed by atoms with Crippen LogP contribution in [-0.4, -0.2) is 11.7 Å². The van der Waals surface area contributed by atoms with Crippen molar-refractivity contribution < 1.29 is 5.11 Å². The maximum atomic E-state index is 9.97. The molecule has 2 unspecified atom stereocenters. The van der Waals surface area contributed by atoms with Gasteiger partial charge in [-0.2, -0.15) is 0 Å². The third-order valence-electron chi connectivity index (χ3n) is 7.49. The van der Waals surface area contributed by atoms with E-state index in [4.69, 9.17) is 0 Å². The van der Waals surface area contributed by atoms with Crippen molar-refractivity contribution in [2.45, 2.75) is 71.1 Å². The molecule has 2 atom stereocenters. The van der Waals surface area contributed by atoms with Crippen LogP contribution < -0.4 is 0 Å². The normalized spacial score (nSPS) is 20.7. The number of allylic oxidation sites excluding steroid dienone is 3. The van der Waals surface area contributed by atoms with Crippen molar-refractivity contribution in [1.82, 2.24) is 0 Å². The molecule has 0 aromatic heterocycles. The van der Waals surface area contributed by atoms with E-state index in [9.17, 15) is 5.11 Å². The zero-order valence-electron chi connectivity index (χ0n) is 19.3. The van der Waals surface area contributed by atoms with Gasteiger partial charge in [-0.05, 0) is 60.3 Å². The smallest absolute Gasteiger partial charge is 0.0494 e. The Morgan fingerprint density at radius 1 is 0.903 bits per heavy atom. The molecule has 1 nitrogen and oxygen atoms in total. The van der Waals surface area contributed by atoms with Crippen LogP contribution in [0.2, 0.25) is 0 Å². The van der Waals surface area contributed by atoms with Crippen molar-refractivity contribution in [2.24, 2.45) is 11.8 Å². The van der Waals surface area contributed by atoms with Crippen molar-refractivity contribution in [3.63, 3.8) is 0 Å². The second-order valence-corrected chi connectivity index (χ2v) is 9.63. The number of aliphatic hydroxyl groups is 1. The highest BCUT2D eigenvalue weighted by molar-refractivity contribution is 5.46. The number of benzene rings is 2. The highest BCUT2D eigenvalue weighted by Crippen LogP contribution is 2.41. The fraction of sp³-hybridized carbons (Fsp3) is 0.467. The predicted octanol–water partition coefficient (Wildman–Crippen LogP) is 7.41. The minimum atomic E-state index is 0.214. The largest absolute Gasteiger partial charge is 0.396 e. The molecule has 0 spiro atoms. The lowest BCUT2D eigenvalue weighted by Crippen LogP contribution is -2.17. The van der Waals surface area contributed by atoms with Crippen LogP contribution in [0.3, 0.4) is 0 Å². The summed E-state index contributed by atoms with van der Waals surface area (Å²) >= 11 is 0. The summed E-state index contributed by atoms with van der Waals surface area (Å²) in [7, 11) is 0. The molecule has 1 saturated carbocycles. The van der Waals surface area contributed by atoms with Crippen LogP contribution in [0, 0.1) is 11.8 Å². The first-order valence-corrected chi connectivity index (χ1v) is 12.4. The first-order chi connectivity index (χ1) is 15.2. The van der Waals surface area contributed by atoms with Crippen molar-refractivity contribution in [2.75, 3.05) is 6.61 Å². The average Bonchev–Trinajstić information content (AvgIpc) is 3.17. The summed E-state index contributed by atoms with van der Waals surface area (Å²) in [4.78, 5) is 0. The van der Waals surface area contributed by atoms with E-state index in [1.807, 2.05) is 0 Å². The van der Waals surface area contributed by atoms with Crippen molar-refractivity contribution in [1.29, 1.82) is 0 Å². The van der Waals surface area contributed by atoms with Crippen LogP contribution in [0.15, 0.2) is 77.4 Å². The quantitative estimate of drug-likeness (QED) is 0.477. The van der Waals surface area contributed by atoms with Gasteiger partial charge in [-0.15, -0.1) is 0 Å². The van der Waals surface area contributed by atoms with Gasteiger partial charge in [-0.1, -0.05) is 105 Å². The van der Waals surface area contributed by atoms with Gasteiger partial charge in [0.1, 0.15) is 0 Å². The monoisotopic (exact) mass is 414 g/mol. The molecule has 1 fully saturated rings. The summed E-state index contributed by atoms with van der Waals surface area (Å²) < 4.78 is 0. The van der Waals surface area contributed by atoms with E-state index in [2.05, 4.69) is 74.5 Å². The lowest BCUT2D eigenvalue weighted by atomic mass is 9.80. The lowest BCUT2D eigenvalue weighted by molar-refractivity contribution is 0.249. The van der Waals surface area contributed by atoms with Crippen LogP contribution >= 0.6 is 0 Å². The molecule has 0 heterocycles. The SMILES string of the molecule is CCC1=C(C(C)CO)C(Cc2ccccc2)C(Cc2ccc(C3CCCCC3)cc2)=C1. The maximum Gasteiger partial charge on any atom is 0.0494 e. The summed E-state index contributed by atoms with van der Waals surface area (Å²) in [6, 6.07) is 20.3. The highest BCUT2D eigenvalue weighted by Gasteiger charge is 2.30. The molecule has 0 saturated heterocycles. The standard InChI is InChI=1S/C30H38O/c1-3-25-20-28(18-24-14-16-27(17-15-24)26-12-8-5-9-13-26)29(30(25)22(2)21-31)19-23-10-6-4-7-11-23/h4,6-7,10-11,14-17,20,22,26,29,31H,3,5,8-9,12-13,18-19,21H2,1-2H3. The Morgan fingerprint density at radius 3 is 2.26 bits per heavy atom. The van der Waals surface area contributed by atoms with Gasteiger partial charge in [0.05, 0.1) is 0 Å². The number of rotatable bonds is 8. The minimum absolute atomic E-state index is 0.214. The average molecular weight is 415 g/mol. The summed E-state index contributed by atoms with van der Waals surface area (Å²) in [5.41, 5.74) is 8.75. The highest BCUT2D eigenvalue weighted by atomic mass is 16.3. The van der Waals surface area contributed by atoms with E-state index in [-0.39, 0.29) is 12.5 Å². The summed E-state index contributed by atoms with van der Waals surface area (Å²) in [6.07, 6.45) is 12.4. The number of hydrogen-bond acceptors (Lipinski definition) is 1. The van der Waals surface area contributed by atoms with Gasteiger partial charge in [0.15, 0.2) is 0 Å². The van der Waals surface area contributed by atoms with Gasteiger partial charge in [-0.25, -0.2) is 0 Å². The van der Waals surface area contributed by atoms with E-state index in [0.717, 1.165) is 25.2 Å². The van der Waals surface area contributed by atoms with Gasteiger partial charge in [0, 0.05) is 18.4 Å². The van der Waals surface area contributed by atoms with Crippen LogP contribution in [0.4, 0.5) is 0 Å². The first-order valence-electron chi connectivity index (χ1n) is 12.4. The number of aliphatic hydroxyl groups excluding tert-OH is 1. The molecule has 2 aliphatic carbocycles. The Morgan fingerprint density at radius 2 is 1.61 bits per heavy atom. The Hall–Kier alpha value is -2.12. The molecule has 0 amide bonds. The molecular weight excluding hydrogens is 376 g/mol. The Labute approximate surface area is 188 Å². The summed E-state index contributed by atoms with van der Waals surface area (Å²) in [5, 5.41) is 9.97. The van der Waals surface area contributed by atoms with Gasteiger partial charge >= 0.3 is 0 Å². The summed E-state index contributed by atoms with van der Waals surface area (Å²) in [6.45, 7) is 4.65. The van der Waals surface area contributed by atoms with Crippen LogP contribution in [0.25, 0.3) is 0 Å². The number of hydrogen-bond donors (Lipinski definition) is 1. The van der Waals surface area contributed by atoms with Gasteiger partial charge in [0.25, 0.3) is 0 Å². The first kappa shape index (κ1) is 22.1. The minimum Gasteiger partial charge on any atom is -0.396 e. The van der Waals surface area contributed by atoms with Crippen LogP contribution in [-0.2, 0) is 12.8 Å². The lowest BCUT2D eigenvalue weighted by Gasteiger charge is -2.25. The zero-order valence-corrected chi connectivity index (χ0v) is 19.3. The van der Waals surface area contributed by atoms with Crippen molar-refractivity contribution in [3.8, 4) is 0 Å². The third-order valence-corrected chi connectivity index (χ3v) is 7.49. The molecule has 0 bridgehead atoms. The fourth-order valence-electron chi connectivity index (χ4n) is 5.74. The molecule has 1 heteroatoms. The van der Waals surface area contributed by atoms with E-state index in [1.54, 1.807) is 0 Å². The molecule has 2 aromatic carbocycles. The predicted molar refractivity (Wildman–Crippen MR) is 131 cm³/mol. The van der Waals surface area contributed by atoms with Gasteiger partial charge < -0.3 is 5.11 Å². The Kier molecular flexibility index (Phi) is 7.45. The van der Waals surface area contributed by atoms with E-state index < -0.39 is 0 Å². The molecule has 0 aliphatic heterocycles.